The van der Waals surface area contributed by atoms with Crippen molar-refractivity contribution in [3.63, 3.8) is 0 Å². The Kier molecular flexibility index (Phi) is 5.61. The van der Waals surface area contributed by atoms with Crippen LogP contribution in [0.25, 0.3) is 10.2 Å². The number of nitrogens with one attached hydrogen (secondary N) is 2. The van der Waals surface area contributed by atoms with E-state index >= 15 is 0 Å². The first-order valence-corrected chi connectivity index (χ1v) is 13.1. The number of amides is 3. The molecular weight excluding hydrogens is 462 g/mol. The van der Waals surface area contributed by atoms with Crippen LogP contribution in [0.5, 0.6) is 5.75 Å². The van der Waals surface area contributed by atoms with E-state index in [9.17, 15) is 9.59 Å². The van der Waals surface area contributed by atoms with Crippen molar-refractivity contribution >= 4 is 50.6 Å². The number of hydrogen-bond donors (Lipinski definition) is 2. The number of ether oxygens (including phenoxy) is 1. The topological polar surface area (TPSA) is 86.8 Å². The summed E-state index contributed by atoms with van der Waals surface area (Å²) in [5.74, 6) is 0.674. The second kappa shape index (κ2) is 8.80. The summed E-state index contributed by atoms with van der Waals surface area (Å²) in [5.41, 5.74) is 3.01. The van der Waals surface area contributed by atoms with E-state index in [0.29, 0.717) is 16.7 Å². The first kappa shape index (κ1) is 22.3. The molecule has 2 fully saturated rings. The number of aromatic nitrogens is 1. The molecule has 1 aliphatic carbocycles. The van der Waals surface area contributed by atoms with Gasteiger partial charge in [-0.3, -0.25) is 9.69 Å². The summed E-state index contributed by atoms with van der Waals surface area (Å²) in [5, 5.41) is 6.96. The third-order valence-electron chi connectivity index (χ3n) is 7.18. The van der Waals surface area contributed by atoms with E-state index < -0.39 is 0 Å². The summed E-state index contributed by atoms with van der Waals surface area (Å²) in [6, 6.07) is 7.50. The Balaban J connectivity index is 1.33. The zero-order valence-electron chi connectivity index (χ0n) is 20.0. The van der Waals surface area contributed by atoms with Gasteiger partial charge in [0.1, 0.15) is 15.5 Å². The number of likely N-dealkylation sites (N-methyl/N-ethyl adjacent to an activating group) is 1. The predicted molar refractivity (Wildman–Crippen MR) is 138 cm³/mol. The van der Waals surface area contributed by atoms with Crippen LogP contribution in [0.3, 0.4) is 0 Å². The highest BCUT2D eigenvalue weighted by atomic mass is 32.1. The highest BCUT2D eigenvalue weighted by Gasteiger charge is 2.34. The van der Waals surface area contributed by atoms with Crippen molar-refractivity contribution < 1.29 is 14.3 Å². The van der Waals surface area contributed by atoms with Gasteiger partial charge in [0.2, 0.25) is 0 Å². The summed E-state index contributed by atoms with van der Waals surface area (Å²) in [7, 11) is 2.07. The molecule has 6 rings (SSSR count). The van der Waals surface area contributed by atoms with Crippen LogP contribution in [-0.4, -0.2) is 54.1 Å². The Hall–Kier alpha value is -3.17. The number of hydrogen-bond acceptors (Lipinski definition) is 6. The number of aryl methyl sites for hydroxylation is 1. The van der Waals surface area contributed by atoms with Crippen LogP contribution in [0.1, 0.15) is 47.3 Å². The molecule has 4 heterocycles. The number of carbonyl (C=O) groups is 2. The van der Waals surface area contributed by atoms with Crippen molar-refractivity contribution in [3.8, 4) is 5.75 Å². The molecule has 35 heavy (non-hydrogen) atoms. The molecular formula is C26H29N5O3S. The molecule has 0 radical (unpaired) electrons. The van der Waals surface area contributed by atoms with Gasteiger partial charge in [-0.25, -0.2) is 9.78 Å². The smallest absolute Gasteiger partial charge is 0.331 e. The number of anilines is 3. The number of rotatable bonds is 5. The molecule has 9 heteroatoms. The van der Waals surface area contributed by atoms with Gasteiger partial charge in [0.25, 0.3) is 5.91 Å². The van der Waals surface area contributed by atoms with Crippen molar-refractivity contribution in [2.75, 3.05) is 30.4 Å². The summed E-state index contributed by atoms with van der Waals surface area (Å²) >= 11 is 1.32. The molecule has 2 N–H and O–H groups in total. The highest BCUT2D eigenvalue weighted by Crippen LogP contribution is 2.46. The van der Waals surface area contributed by atoms with Crippen LogP contribution in [0.15, 0.2) is 30.5 Å². The monoisotopic (exact) mass is 491 g/mol. The Morgan fingerprint density at radius 3 is 2.80 bits per heavy atom. The molecule has 1 atom stereocenters. The van der Waals surface area contributed by atoms with Crippen molar-refractivity contribution in [2.45, 2.75) is 51.2 Å². The molecule has 0 spiro atoms. The fraction of sp³-hybridized carbons (Fsp3) is 0.423. The van der Waals surface area contributed by atoms with E-state index in [1.807, 2.05) is 31.2 Å². The van der Waals surface area contributed by atoms with Crippen molar-refractivity contribution in [2.24, 2.45) is 0 Å². The molecule has 3 aliphatic rings. The van der Waals surface area contributed by atoms with Gasteiger partial charge >= 0.3 is 6.03 Å². The first-order valence-electron chi connectivity index (χ1n) is 12.3. The fourth-order valence-corrected chi connectivity index (χ4v) is 6.17. The van der Waals surface area contributed by atoms with Gasteiger partial charge in [0.05, 0.1) is 28.6 Å². The molecule has 1 saturated carbocycles. The lowest BCUT2D eigenvalue weighted by Gasteiger charge is -2.31. The van der Waals surface area contributed by atoms with E-state index in [2.05, 4.69) is 27.6 Å². The minimum absolute atomic E-state index is 0.102. The van der Waals surface area contributed by atoms with Gasteiger partial charge in [0.15, 0.2) is 0 Å². The van der Waals surface area contributed by atoms with Crippen LogP contribution in [-0.2, 0) is 0 Å². The van der Waals surface area contributed by atoms with Gasteiger partial charge in [-0.15, -0.1) is 11.3 Å². The molecule has 1 aromatic carbocycles. The van der Waals surface area contributed by atoms with Crippen LogP contribution in [0.4, 0.5) is 21.9 Å². The van der Waals surface area contributed by atoms with E-state index in [1.54, 1.807) is 11.1 Å². The molecule has 8 nitrogen and oxygen atoms in total. The number of pyridine rings is 1. The van der Waals surface area contributed by atoms with Crippen LogP contribution < -0.4 is 20.3 Å². The summed E-state index contributed by atoms with van der Waals surface area (Å²) in [6.45, 7) is 3.86. The second-order valence-corrected chi connectivity index (χ2v) is 10.8. The number of carbonyl (C=O) groups excluding carboxylic acids is 2. The number of nitrogens with zero attached hydrogens (tertiary/aromatic N) is 3. The molecule has 0 unspecified atom stereocenters. The lowest BCUT2D eigenvalue weighted by Crippen LogP contribution is -2.46. The number of urea groups is 1. The SMILES string of the molecule is Cc1cc(OC2CCC2)ccc1N1C(=O)Nc2c(C(=O)N[C@@H]3CCCN(C)C3)sc3nccc1c23. The molecule has 2 aromatic heterocycles. The largest absolute Gasteiger partial charge is 0.490 e. The Labute approximate surface area is 208 Å². The highest BCUT2D eigenvalue weighted by molar-refractivity contribution is 7.21. The van der Waals surface area contributed by atoms with Crippen molar-refractivity contribution in [1.29, 1.82) is 0 Å². The summed E-state index contributed by atoms with van der Waals surface area (Å²) in [4.78, 5) is 36.3. The summed E-state index contributed by atoms with van der Waals surface area (Å²) in [6.07, 6.45) is 7.42. The van der Waals surface area contributed by atoms with Gasteiger partial charge in [-0.1, -0.05) is 0 Å². The fourth-order valence-electron chi connectivity index (χ4n) is 5.15. The number of piperidine rings is 1. The predicted octanol–water partition coefficient (Wildman–Crippen LogP) is 5.04. The molecule has 0 bridgehead atoms. The molecule has 1 saturated heterocycles. The van der Waals surface area contributed by atoms with E-state index in [-0.39, 0.29) is 18.0 Å². The maximum Gasteiger partial charge on any atom is 0.331 e. The maximum absolute atomic E-state index is 13.4. The Morgan fingerprint density at radius 2 is 2.06 bits per heavy atom. The van der Waals surface area contributed by atoms with Crippen molar-refractivity contribution in [1.82, 2.24) is 15.2 Å². The molecule has 182 valence electrons. The zero-order chi connectivity index (χ0) is 24.1. The lowest BCUT2D eigenvalue weighted by atomic mass is 9.96. The molecule has 3 amide bonds. The normalized spacial score (nSPS) is 20.5. The first-order chi connectivity index (χ1) is 17.0. The van der Waals surface area contributed by atoms with Crippen LogP contribution in [0, 0.1) is 6.92 Å². The minimum atomic E-state index is -0.286. The van der Waals surface area contributed by atoms with Gasteiger partial charge < -0.3 is 20.3 Å². The third-order valence-corrected chi connectivity index (χ3v) is 8.27. The Morgan fingerprint density at radius 1 is 1.20 bits per heavy atom. The average molecular weight is 492 g/mol. The van der Waals surface area contributed by atoms with Gasteiger partial charge in [-0.05, 0) is 82.4 Å². The number of benzene rings is 1. The third kappa shape index (κ3) is 4.02. The molecule has 2 aliphatic heterocycles. The zero-order valence-corrected chi connectivity index (χ0v) is 20.8. The minimum Gasteiger partial charge on any atom is -0.490 e. The van der Waals surface area contributed by atoms with Crippen LogP contribution >= 0.6 is 11.3 Å². The van der Waals surface area contributed by atoms with E-state index in [0.717, 1.165) is 71.7 Å². The number of likely N-dealkylation sites (tertiary alicyclic amines) is 1. The average Bonchev–Trinajstić information content (AvgIpc) is 3.17. The standard InChI is InChI=1S/C26H29N5O3S/c1-15-13-18(34-17-6-3-7-17)8-9-19(15)31-20-10-11-27-25-21(20)22(29-26(31)33)23(35-25)24(32)28-16-5-4-12-30(2)14-16/h8-11,13,16-17H,3-7,12,14H2,1-2H3,(H,28,32)(H,29,33)/t16-/m1/s1. The molecule has 3 aromatic rings. The van der Waals surface area contributed by atoms with Crippen molar-refractivity contribution in [3.05, 3.63) is 40.9 Å². The summed E-state index contributed by atoms with van der Waals surface area (Å²) < 4.78 is 6.04. The maximum atomic E-state index is 13.4. The lowest BCUT2D eigenvalue weighted by molar-refractivity contribution is 0.0917. The van der Waals surface area contributed by atoms with Gasteiger partial charge in [0, 0.05) is 18.8 Å². The number of thiophene rings is 1. The van der Waals surface area contributed by atoms with Crippen LogP contribution in [0.2, 0.25) is 0 Å². The second-order valence-electron chi connectivity index (χ2n) is 9.78. The van der Waals surface area contributed by atoms with E-state index in [4.69, 9.17) is 4.74 Å². The van der Waals surface area contributed by atoms with Gasteiger partial charge in [-0.2, -0.15) is 0 Å². The van der Waals surface area contributed by atoms with E-state index in [1.165, 1.54) is 17.8 Å². The quantitative estimate of drug-likeness (QED) is 0.522. The Bertz CT molecular complexity index is 1320.